The Kier molecular flexibility index (Phi) is 5.76. The maximum atomic E-state index is 12.8. The molecule has 11 atom stereocenters. The number of carbonyl (C=O) groups is 2. The molecule has 2 unspecified atom stereocenters. The van der Waals surface area contributed by atoms with Gasteiger partial charge < -0.3 is 14.4 Å². The van der Waals surface area contributed by atoms with Crippen molar-refractivity contribution in [3.63, 3.8) is 0 Å². The van der Waals surface area contributed by atoms with E-state index in [0.29, 0.717) is 23.7 Å². The molecule has 5 heteroatoms. The van der Waals surface area contributed by atoms with Gasteiger partial charge in [-0.2, -0.15) is 0 Å². The van der Waals surface area contributed by atoms with Crippen molar-refractivity contribution in [2.24, 2.45) is 46.3 Å². The smallest absolute Gasteiger partial charge is 0.302 e. The summed E-state index contributed by atoms with van der Waals surface area (Å²) in [5.41, 5.74) is 1.70. The van der Waals surface area contributed by atoms with E-state index in [1.807, 2.05) is 0 Å². The standard InChI is InChI=1S/C31H47NO4/c1-18-9-14-31(32(17-18)20(3)33)19(2)28-27(36-31)16-26-24-8-7-22-15-23(35-21(4)34)10-12-29(22,5)25(24)11-13-30(26,28)6/h7,18-19,23-28H,8-17H2,1-6H3/t18-,19+,23?,24-,25+,26+,27?,28+,29+,30+,31-/m1/s1. The van der Waals surface area contributed by atoms with Gasteiger partial charge in [0.05, 0.1) is 6.10 Å². The van der Waals surface area contributed by atoms with Crippen molar-refractivity contribution in [1.82, 2.24) is 4.90 Å². The largest absolute Gasteiger partial charge is 0.462 e. The second-order valence-corrected chi connectivity index (χ2v) is 14.1. The van der Waals surface area contributed by atoms with Crippen molar-refractivity contribution in [2.45, 2.75) is 117 Å². The third kappa shape index (κ3) is 3.36. The molecule has 6 aliphatic rings. The number of esters is 1. The zero-order valence-electron chi connectivity index (χ0n) is 23.3. The lowest BCUT2D eigenvalue weighted by Gasteiger charge is -2.59. The molecule has 200 valence electrons. The summed E-state index contributed by atoms with van der Waals surface area (Å²) in [4.78, 5) is 26.5. The number of hydrogen-bond donors (Lipinski definition) is 0. The van der Waals surface area contributed by atoms with E-state index in [-0.39, 0.29) is 40.6 Å². The monoisotopic (exact) mass is 497 g/mol. The van der Waals surface area contributed by atoms with Crippen LogP contribution in [-0.2, 0) is 19.1 Å². The van der Waals surface area contributed by atoms with Crippen molar-refractivity contribution >= 4 is 11.9 Å². The van der Waals surface area contributed by atoms with E-state index >= 15 is 0 Å². The third-order valence-corrected chi connectivity index (χ3v) is 12.4. The van der Waals surface area contributed by atoms with Gasteiger partial charge in [-0.25, -0.2) is 0 Å². The second-order valence-electron chi connectivity index (χ2n) is 14.1. The van der Waals surface area contributed by atoms with Gasteiger partial charge in [0.25, 0.3) is 0 Å². The zero-order valence-corrected chi connectivity index (χ0v) is 23.3. The van der Waals surface area contributed by atoms with Gasteiger partial charge in [-0.1, -0.05) is 39.3 Å². The summed E-state index contributed by atoms with van der Waals surface area (Å²) < 4.78 is 12.7. The summed E-state index contributed by atoms with van der Waals surface area (Å²) in [6.45, 7) is 13.9. The number of amides is 1. The van der Waals surface area contributed by atoms with Crippen molar-refractivity contribution in [1.29, 1.82) is 0 Å². The van der Waals surface area contributed by atoms with E-state index in [4.69, 9.17) is 9.47 Å². The lowest BCUT2D eigenvalue weighted by Crippen LogP contribution is -2.60. The predicted octanol–water partition coefficient (Wildman–Crippen LogP) is 6.12. The Bertz CT molecular complexity index is 976. The van der Waals surface area contributed by atoms with Crippen LogP contribution in [0.25, 0.3) is 0 Å². The molecule has 0 aromatic rings. The highest BCUT2D eigenvalue weighted by molar-refractivity contribution is 5.74. The maximum Gasteiger partial charge on any atom is 0.302 e. The van der Waals surface area contributed by atoms with Gasteiger partial charge in [0.1, 0.15) is 11.8 Å². The molecule has 4 aliphatic carbocycles. The molecule has 36 heavy (non-hydrogen) atoms. The summed E-state index contributed by atoms with van der Waals surface area (Å²) in [5, 5.41) is 0. The fourth-order valence-electron chi connectivity index (χ4n) is 10.8. The molecule has 0 radical (unpaired) electrons. The van der Waals surface area contributed by atoms with Crippen LogP contribution in [0.4, 0.5) is 0 Å². The fourth-order valence-corrected chi connectivity index (χ4v) is 10.8. The quantitative estimate of drug-likeness (QED) is 0.324. The fraction of sp³-hybridized carbons (Fsp3) is 0.871. The Morgan fingerprint density at radius 1 is 1.06 bits per heavy atom. The van der Waals surface area contributed by atoms with E-state index in [2.05, 4.69) is 38.7 Å². The van der Waals surface area contributed by atoms with Gasteiger partial charge in [0, 0.05) is 32.7 Å². The highest BCUT2D eigenvalue weighted by Gasteiger charge is 2.69. The van der Waals surface area contributed by atoms with Crippen molar-refractivity contribution < 1.29 is 19.1 Å². The molecule has 0 aromatic carbocycles. The lowest BCUT2D eigenvalue weighted by molar-refractivity contribution is -0.200. The summed E-state index contributed by atoms with van der Waals surface area (Å²) >= 11 is 0. The van der Waals surface area contributed by atoms with Gasteiger partial charge in [-0.3, -0.25) is 9.59 Å². The van der Waals surface area contributed by atoms with E-state index in [0.717, 1.165) is 56.9 Å². The summed E-state index contributed by atoms with van der Waals surface area (Å²) in [7, 11) is 0. The molecular formula is C31H47NO4. The molecule has 2 saturated heterocycles. The second kappa shape index (κ2) is 8.32. The molecular weight excluding hydrogens is 450 g/mol. The summed E-state index contributed by atoms with van der Waals surface area (Å²) in [6, 6.07) is 0. The number of hydrogen-bond acceptors (Lipinski definition) is 4. The normalized spacial score (nSPS) is 51.6. The number of ether oxygens (including phenoxy) is 2. The predicted molar refractivity (Wildman–Crippen MR) is 139 cm³/mol. The molecule has 5 nitrogen and oxygen atoms in total. The molecule has 2 aliphatic heterocycles. The molecule has 0 aromatic heterocycles. The first kappa shape index (κ1) is 24.9. The highest BCUT2D eigenvalue weighted by Crippen LogP contribution is 2.70. The number of piperidine rings is 1. The van der Waals surface area contributed by atoms with E-state index in [1.165, 1.54) is 26.2 Å². The first-order valence-electron chi connectivity index (χ1n) is 14.8. The van der Waals surface area contributed by atoms with Crippen molar-refractivity contribution in [3.8, 4) is 0 Å². The molecule has 0 N–H and O–H groups in total. The van der Waals surface area contributed by atoms with Crippen molar-refractivity contribution in [3.05, 3.63) is 11.6 Å². The topological polar surface area (TPSA) is 55.8 Å². The Morgan fingerprint density at radius 3 is 2.56 bits per heavy atom. The highest BCUT2D eigenvalue weighted by atomic mass is 16.5. The minimum atomic E-state index is -0.390. The third-order valence-electron chi connectivity index (χ3n) is 12.4. The van der Waals surface area contributed by atoms with Crippen LogP contribution in [-0.4, -0.2) is 41.3 Å². The van der Waals surface area contributed by atoms with Crippen LogP contribution in [0.2, 0.25) is 0 Å². The first-order valence-corrected chi connectivity index (χ1v) is 14.8. The molecule has 3 saturated carbocycles. The Hall–Kier alpha value is -1.36. The van der Waals surface area contributed by atoms with Gasteiger partial charge in [0.15, 0.2) is 0 Å². The Labute approximate surface area is 217 Å². The Morgan fingerprint density at radius 2 is 1.83 bits per heavy atom. The number of rotatable bonds is 1. The van der Waals surface area contributed by atoms with E-state index < -0.39 is 0 Å². The number of nitrogens with zero attached hydrogens (tertiary/aromatic N) is 1. The minimum absolute atomic E-state index is 0.0611. The number of likely N-dealkylation sites (tertiary alicyclic amines) is 1. The van der Waals surface area contributed by atoms with Crippen LogP contribution >= 0.6 is 0 Å². The zero-order chi connectivity index (χ0) is 25.6. The average molecular weight is 498 g/mol. The summed E-state index contributed by atoms with van der Waals surface area (Å²) in [6.07, 6.45) is 13.0. The van der Waals surface area contributed by atoms with Crippen molar-refractivity contribution in [2.75, 3.05) is 6.54 Å². The summed E-state index contributed by atoms with van der Waals surface area (Å²) in [5.74, 6) is 3.64. The van der Waals surface area contributed by atoms with Crippen LogP contribution in [0, 0.1) is 46.3 Å². The van der Waals surface area contributed by atoms with Gasteiger partial charge in [0.2, 0.25) is 5.91 Å². The number of allylic oxidation sites excluding steroid dienone is 1. The van der Waals surface area contributed by atoms with Crippen LogP contribution in [0.5, 0.6) is 0 Å². The molecule has 5 fully saturated rings. The minimum Gasteiger partial charge on any atom is -0.462 e. The Balaban J connectivity index is 1.26. The number of fused-ring (bicyclic) bond motifs is 7. The number of carbonyl (C=O) groups excluding carboxylic acids is 2. The molecule has 0 bridgehead atoms. The van der Waals surface area contributed by atoms with E-state index in [9.17, 15) is 9.59 Å². The lowest BCUT2D eigenvalue weighted by atomic mass is 9.46. The van der Waals surface area contributed by atoms with Crippen LogP contribution in [0.15, 0.2) is 11.6 Å². The average Bonchev–Trinajstić information content (AvgIpc) is 3.26. The van der Waals surface area contributed by atoms with Gasteiger partial charge in [-0.05, 0) is 91.8 Å². The SMILES string of the molecule is CC(=O)OC1CC[C@@]2(C)C(=CC[C@H]3[C@@H]4CC5O[C@]6(CC[C@@H](C)CN6C(C)=O)[C@@H](C)[C@@H]5[C@@]4(C)CC[C@@H]32)C1. The van der Waals surface area contributed by atoms with Crippen LogP contribution in [0.1, 0.15) is 99.3 Å². The van der Waals surface area contributed by atoms with Gasteiger partial charge in [-0.15, -0.1) is 0 Å². The van der Waals surface area contributed by atoms with E-state index in [1.54, 1.807) is 12.5 Å². The first-order chi connectivity index (χ1) is 17.0. The van der Waals surface area contributed by atoms with Gasteiger partial charge >= 0.3 is 5.97 Å². The van der Waals surface area contributed by atoms with Crippen LogP contribution < -0.4 is 0 Å². The molecule has 1 spiro atoms. The van der Waals surface area contributed by atoms with Crippen LogP contribution in [0.3, 0.4) is 0 Å². The maximum absolute atomic E-state index is 12.8. The molecule has 6 rings (SSSR count). The molecule has 2 heterocycles. The molecule has 1 amide bonds.